The maximum Gasteiger partial charge on any atom is 0.237 e. The lowest BCUT2D eigenvalue weighted by Gasteiger charge is -2.31. The van der Waals surface area contributed by atoms with E-state index >= 15 is 0 Å². The normalized spacial score (nSPS) is 18.7. The number of rotatable bonds is 4. The number of morpholine rings is 1. The fourth-order valence-corrected chi connectivity index (χ4v) is 3.67. The fraction of sp³-hybridized carbons (Fsp3) is 0.467. The number of sulfone groups is 1. The lowest BCUT2D eigenvalue weighted by Crippen LogP contribution is -2.46. The van der Waals surface area contributed by atoms with Gasteiger partial charge in [-0.3, -0.25) is 4.79 Å². The molecule has 1 fully saturated rings. The molecule has 1 saturated heterocycles. The molecule has 0 bridgehead atoms. The van der Waals surface area contributed by atoms with E-state index in [1.54, 1.807) is 24.3 Å². The van der Waals surface area contributed by atoms with E-state index in [9.17, 15) is 13.2 Å². The smallest absolute Gasteiger partial charge is 0.237 e. The largest absolute Gasteiger partial charge is 0.375 e. The van der Waals surface area contributed by atoms with E-state index in [1.807, 2.05) is 13.0 Å². The number of ether oxygens (including phenoxy) is 1. The first-order valence-corrected chi connectivity index (χ1v) is 8.80. The summed E-state index contributed by atoms with van der Waals surface area (Å²) in [6.45, 7) is 3.13. The van der Waals surface area contributed by atoms with Crippen molar-refractivity contribution in [1.82, 2.24) is 4.90 Å². The van der Waals surface area contributed by atoms with Gasteiger partial charge in [0.15, 0.2) is 9.84 Å². The number of carbonyl (C=O) groups is 1. The summed E-state index contributed by atoms with van der Waals surface area (Å²) in [6, 6.07) is 8.30. The minimum Gasteiger partial charge on any atom is -0.375 e. The summed E-state index contributed by atoms with van der Waals surface area (Å²) in [5.41, 5.74) is 1.04. The van der Waals surface area contributed by atoms with Crippen LogP contribution in [0.4, 0.5) is 0 Å². The molecule has 1 heterocycles. The molecule has 7 heteroatoms. The van der Waals surface area contributed by atoms with Crippen molar-refractivity contribution in [3.05, 3.63) is 35.4 Å². The number of nitrogens with zero attached hydrogens (tertiary/aromatic N) is 2. The first-order valence-electron chi connectivity index (χ1n) is 6.98. The van der Waals surface area contributed by atoms with Crippen LogP contribution in [0.1, 0.15) is 18.1 Å². The topological polar surface area (TPSA) is 87.5 Å². The Morgan fingerprint density at radius 2 is 2.09 bits per heavy atom. The van der Waals surface area contributed by atoms with Crippen LogP contribution in [-0.2, 0) is 25.1 Å². The molecule has 0 radical (unpaired) electrons. The molecule has 0 saturated carbocycles. The summed E-state index contributed by atoms with van der Waals surface area (Å²) in [6.07, 6.45) is -0.0704. The molecule has 1 atom stereocenters. The lowest BCUT2D eigenvalue weighted by molar-refractivity contribution is -0.135. The number of nitriles is 1. The van der Waals surface area contributed by atoms with E-state index in [4.69, 9.17) is 10.00 Å². The SMILES string of the molecule is C[C@@H]1CN(C(=O)CS(=O)(=O)Cc2ccc(C#N)cc2)CCO1. The molecule has 0 spiro atoms. The van der Waals surface area contributed by atoms with Crippen LogP contribution < -0.4 is 0 Å². The summed E-state index contributed by atoms with van der Waals surface area (Å²) < 4.78 is 29.6. The van der Waals surface area contributed by atoms with Gasteiger partial charge in [0.25, 0.3) is 0 Å². The third-order valence-electron chi connectivity index (χ3n) is 3.41. The monoisotopic (exact) mass is 322 g/mol. The summed E-state index contributed by atoms with van der Waals surface area (Å²) >= 11 is 0. The van der Waals surface area contributed by atoms with Crippen LogP contribution in [0.25, 0.3) is 0 Å². The first kappa shape index (κ1) is 16.5. The molecule has 0 aliphatic carbocycles. The van der Waals surface area contributed by atoms with E-state index in [0.29, 0.717) is 30.8 Å². The Hall–Kier alpha value is -1.91. The van der Waals surface area contributed by atoms with Gasteiger partial charge in [-0.05, 0) is 24.6 Å². The fourth-order valence-electron chi connectivity index (χ4n) is 2.30. The molecule has 1 aromatic carbocycles. The Bertz CT molecular complexity index is 676. The first-order chi connectivity index (χ1) is 10.4. The highest BCUT2D eigenvalue weighted by molar-refractivity contribution is 7.91. The van der Waals surface area contributed by atoms with Crippen LogP contribution in [0.5, 0.6) is 0 Å². The molecule has 0 N–H and O–H groups in total. The zero-order valence-corrected chi connectivity index (χ0v) is 13.2. The van der Waals surface area contributed by atoms with E-state index in [0.717, 1.165) is 0 Å². The predicted octanol–water partition coefficient (Wildman–Crippen LogP) is 0.720. The van der Waals surface area contributed by atoms with Crippen LogP contribution in [0.15, 0.2) is 24.3 Å². The van der Waals surface area contributed by atoms with Crippen molar-refractivity contribution in [2.24, 2.45) is 0 Å². The second kappa shape index (κ2) is 6.90. The Morgan fingerprint density at radius 1 is 1.41 bits per heavy atom. The molecule has 2 rings (SSSR count). The molecule has 6 nitrogen and oxygen atoms in total. The van der Waals surface area contributed by atoms with Gasteiger partial charge in [-0.25, -0.2) is 8.42 Å². The molecule has 1 aliphatic rings. The van der Waals surface area contributed by atoms with E-state index < -0.39 is 15.6 Å². The molecule has 22 heavy (non-hydrogen) atoms. The Balaban J connectivity index is 1.98. The van der Waals surface area contributed by atoms with Crippen LogP contribution in [-0.4, -0.2) is 50.8 Å². The minimum atomic E-state index is -3.54. The zero-order valence-electron chi connectivity index (χ0n) is 12.4. The van der Waals surface area contributed by atoms with Crippen molar-refractivity contribution in [3.8, 4) is 6.07 Å². The van der Waals surface area contributed by atoms with E-state index in [-0.39, 0.29) is 17.8 Å². The number of carbonyl (C=O) groups excluding carboxylic acids is 1. The number of amides is 1. The molecule has 0 aromatic heterocycles. The molecule has 1 amide bonds. The molecule has 0 unspecified atom stereocenters. The second-order valence-corrected chi connectivity index (χ2v) is 7.43. The third-order valence-corrected chi connectivity index (χ3v) is 4.87. The Labute approximate surface area is 130 Å². The molecular formula is C15H18N2O4S. The highest BCUT2D eigenvalue weighted by atomic mass is 32.2. The van der Waals surface area contributed by atoms with Crippen molar-refractivity contribution >= 4 is 15.7 Å². The average molecular weight is 322 g/mol. The van der Waals surface area contributed by atoms with Gasteiger partial charge < -0.3 is 9.64 Å². The Kier molecular flexibility index (Phi) is 5.16. The number of hydrogen-bond donors (Lipinski definition) is 0. The van der Waals surface area contributed by atoms with Crippen molar-refractivity contribution in [1.29, 1.82) is 5.26 Å². The van der Waals surface area contributed by atoms with Gasteiger partial charge in [0.2, 0.25) is 5.91 Å². The van der Waals surface area contributed by atoms with Gasteiger partial charge in [0, 0.05) is 13.1 Å². The van der Waals surface area contributed by atoms with Gasteiger partial charge in [-0.15, -0.1) is 0 Å². The van der Waals surface area contributed by atoms with Gasteiger partial charge in [-0.1, -0.05) is 12.1 Å². The zero-order chi connectivity index (χ0) is 16.2. The predicted molar refractivity (Wildman–Crippen MR) is 80.6 cm³/mol. The maximum atomic E-state index is 12.1. The van der Waals surface area contributed by atoms with Gasteiger partial charge in [0.1, 0.15) is 5.75 Å². The summed E-state index contributed by atoms with van der Waals surface area (Å²) in [5.74, 6) is -1.09. The van der Waals surface area contributed by atoms with Gasteiger partial charge in [-0.2, -0.15) is 5.26 Å². The maximum absolute atomic E-state index is 12.1. The Morgan fingerprint density at radius 3 is 2.68 bits per heavy atom. The molecule has 1 aliphatic heterocycles. The van der Waals surface area contributed by atoms with Crippen molar-refractivity contribution in [2.75, 3.05) is 25.4 Å². The van der Waals surface area contributed by atoms with Gasteiger partial charge in [0.05, 0.1) is 30.1 Å². The molecule has 1 aromatic rings. The van der Waals surface area contributed by atoms with Crippen molar-refractivity contribution in [3.63, 3.8) is 0 Å². The van der Waals surface area contributed by atoms with Crippen LogP contribution in [0.2, 0.25) is 0 Å². The van der Waals surface area contributed by atoms with E-state index in [2.05, 4.69) is 0 Å². The third kappa shape index (κ3) is 4.55. The van der Waals surface area contributed by atoms with Crippen molar-refractivity contribution < 1.29 is 17.9 Å². The van der Waals surface area contributed by atoms with E-state index in [1.165, 1.54) is 4.90 Å². The minimum absolute atomic E-state index is 0.0704. The lowest BCUT2D eigenvalue weighted by atomic mass is 10.2. The second-order valence-electron chi connectivity index (χ2n) is 5.36. The van der Waals surface area contributed by atoms with Crippen LogP contribution in [0.3, 0.4) is 0 Å². The quantitative estimate of drug-likeness (QED) is 0.815. The number of benzene rings is 1. The summed E-state index contributed by atoms with van der Waals surface area (Å²) in [7, 11) is -3.54. The summed E-state index contributed by atoms with van der Waals surface area (Å²) in [5, 5.41) is 8.72. The highest BCUT2D eigenvalue weighted by Gasteiger charge is 2.25. The van der Waals surface area contributed by atoms with Gasteiger partial charge >= 0.3 is 0 Å². The van der Waals surface area contributed by atoms with Crippen LogP contribution >= 0.6 is 0 Å². The average Bonchev–Trinajstić information content (AvgIpc) is 2.47. The van der Waals surface area contributed by atoms with Crippen molar-refractivity contribution in [2.45, 2.75) is 18.8 Å². The summed E-state index contributed by atoms with van der Waals surface area (Å²) in [4.78, 5) is 13.6. The van der Waals surface area contributed by atoms with Crippen LogP contribution in [0, 0.1) is 11.3 Å². The standard InChI is InChI=1S/C15H18N2O4S/c1-12-9-17(6-7-21-12)15(18)11-22(19,20)10-14-4-2-13(8-16)3-5-14/h2-5,12H,6-7,9-11H2,1H3/t12-/m1/s1. The molecule has 118 valence electrons. The molecular weight excluding hydrogens is 304 g/mol. The highest BCUT2D eigenvalue weighted by Crippen LogP contribution is 2.11. The number of hydrogen-bond acceptors (Lipinski definition) is 5.